The van der Waals surface area contributed by atoms with Gasteiger partial charge in [0.05, 0.1) is 6.54 Å². The molecule has 4 N–H and O–H groups in total. The number of halogens is 2. The zero-order valence-electron chi connectivity index (χ0n) is 19.7. The van der Waals surface area contributed by atoms with E-state index in [4.69, 9.17) is 15.8 Å². The fourth-order valence-electron chi connectivity index (χ4n) is 4.76. The van der Waals surface area contributed by atoms with Crippen LogP contribution in [0.2, 0.25) is 0 Å². The summed E-state index contributed by atoms with van der Waals surface area (Å²) >= 11 is 0. The van der Waals surface area contributed by atoms with Gasteiger partial charge >= 0.3 is 5.97 Å². The molecule has 2 fully saturated rings. The second-order valence-corrected chi connectivity index (χ2v) is 9.31. The molecule has 3 atom stereocenters. The molecule has 8 heteroatoms. The quantitative estimate of drug-likeness (QED) is 0.184. The molecule has 0 spiro atoms. The number of nitrogens with one attached hydrogen (secondary N) is 1. The van der Waals surface area contributed by atoms with Crippen molar-refractivity contribution in [1.82, 2.24) is 5.32 Å². The lowest BCUT2D eigenvalue weighted by atomic mass is 9.97. The summed E-state index contributed by atoms with van der Waals surface area (Å²) in [7, 11) is 0. The van der Waals surface area contributed by atoms with Crippen molar-refractivity contribution in [3.8, 4) is 0 Å². The molecule has 1 aliphatic heterocycles. The second kappa shape index (κ2) is 12.2. The van der Waals surface area contributed by atoms with Crippen LogP contribution < -0.4 is 11.2 Å². The molecule has 34 heavy (non-hydrogen) atoms. The van der Waals surface area contributed by atoms with Gasteiger partial charge in [0.15, 0.2) is 0 Å². The molecule has 2 aliphatic rings. The summed E-state index contributed by atoms with van der Waals surface area (Å²) in [4.78, 5) is 20.5. The molecule has 6 nitrogen and oxygen atoms in total. The number of allylic oxidation sites excluding steroid dienone is 2. The van der Waals surface area contributed by atoms with Gasteiger partial charge in [-0.05, 0) is 55.2 Å². The van der Waals surface area contributed by atoms with Gasteiger partial charge in [-0.3, -0.25) is 4.79 Å². The standard InChI is InChI=1S/C26H35F2N3O3/c1-2-4-22(6-3-5-18-11-12-26(27,28)15-18)25(34-29)31-16-19-7-9-21(10-8-19)23-13-20(17-30-23)14-24(32)33/h3-4,6-10,18,20,23,30H,2,5,11-17,29H2,1H3,(H,32,33)/b6-3-,22-4+,31-25?. The van der Waals surface area contributed by atoms with E-state index < -0.39 is 11.9 Å². The molecule has 0 aromatic heterocycles. The number of aliphatic carboxylic acids is 1. The number of carboxylic acids is 1. The van der Waals surface area contributed by atoms with Gasteiger partial charge in [0.25, 0.3) is 0 Å². The minimum absolute atomic E-state index is 0.000545. The van der Waals surface area contributed by atoms with Gasteiger partial charge in [0, 0.05) is 30.9 Å². The number of benzene rings is 1. The fraction of sp³-hybridized carbons (Fsp3) is 0.538. The van der Waals surface area contributed by atoms with Crippen LogP contribution in [0.5, 0.6) is 0 Å². The minimum Gasteiger partial charge on any atom is -0.481 e. The van der Waals surface area contributed by atoms with E-state index in [1.165, 1.54) is 0 Å². The van der Waals surface area contributed by atoms with E-state index >= 15 is 0 Å². The lowest BCUT2D eigenvalue weighted by Gasteiger charge is -2.12. The summed E-state index contributed by atoms with van der Waals surface area (Å²) < 4.78 is 26.8. The van der Waals surface area contributed by atoms with Crippen molar-refractivity contribution >= 4 is 11.9 Å². The number of alkyl halides is 2. The lowest BCUT2D eigenvalue weighted by Crippen LogP contribution is -2.14. The maximum atomic E-state index is 13.4. The van der Waals surface area contributed by atoms with E-state index in [1.54, 1.807) is 0 Å². The Bertz CT molecular complexity index is 912. The SMILES string of the molecule is CC/C=C(\C=C/CC1CCC(F)(F)C1)C(=NCc1ccc(C2CC(CC(=O)O)CN2)cc1)ON. The Morgan fingerprint density at radius 3 is 2.71 bits per heavy atom. The fourth-order valence-corrected chi connectivity index (χ4v) is 4.76. The molecule has 0 radical (unpaired) electrons. The average molecular weight is 476 g/mol. The second-order valence-electron chi connectivity index (χ2n) is 9.31. The Morgan fingerprint density at radius 2 is 2.09 bits per heavy atom. The van der Waals surface area contributed by atoms with Crippen molar-refractivity contribution in [2.24, 2.45) is 22.7 Å². The summed E-state index contributed by atoms with van der Waals surface area (Å²) in [5.74, 6) is 2.67. The number of nitrogens with zero attached hydrogens (tertiary/aromatic N) is 1. The van der Waals surface area contributed by atoms with E-state index in [0.717, 1.165) is 29.5 Å². The van der Waals surface area contributed by atoms with Gasteiger partial charge in [-0.1, -0.05) is 49.4 Å². The number of rotatable bonds is 10. The smallest absolute Gasteiger partial charge is 0.303 e. The molecular weight excluding hydrogens is 440 g/mol. The van der Waals surface area contributed by atoms with Gasteiger partial charge in [0.2, 0.25) is 11.8 Å². The van der Waals surface area contributed by atoms with Crippen LogP contribution in [0.1, 0.15) is 69.0 Å². The molecule has 1 heterocycles. The van der Waals surface area contributed by atoms with E-state index in [1.807, 2.05) is 49.4 Å². The number of aliphatic imine (C=N–C) groups is 1. The topological polar surface area (TPSA) is 96.9 Å². The molecule has 0 amide bonds. The number of nitrogens with two attached hydrogens (primary N) is 1. The Kier molecular flexibility index (Phi) is 9.36. The molecule has 186 valence electrons. The van der Waals surface area contributed by atoms with Gasteiger partial charge in [-0.2, -0.15) is 5.90 Å². The maximum absolute atomic E-state index is 13.4. The predicted molar refractivity (Wildman–Crippen MR) is 128 cm³/mol. The Labute approximate surface area is 199 Å². The first-order valence-corrected chi connectivity index (χ1v) is 12.0. The van der Waals surface area contributed by atoms with Crippen molar-refractivity contribution in [3.63, 3.8) is 0 Å². The van der Waals surface area contributed by atoms with Crippen LogP contribution in [0, 0.1) is 11.8 Å². The summed E-state index contributed by atoms with van der Waals surface area (Å²) in [6.45, 7) is 3.09. The average Bonchev–Trinajstić information content (AvgIpc) is 3.39. The van der Waals surface area contributed by atoms with Crippen molar-refractivity contribution in [3.05, 3.63) is 59.2 Å². The largest absolute Gasteiger partial charge is 0.481 e. The van der Waals surface area contributed by atoms with Crippen LogP contribution in [0.4, 0.5) is 8.78 Å². The number of hydrogen-bond acceptors (Lipinski definition) is 5. The van der Waals surface area contributed by atoms with Gasteiger partial charge in [0.1, 0.15) is 0 Å². The highest BCUT2D eigenvalue weighted by Crippen LogP contribution is 2.40. The molecule has 3 unspecified atom stereocenters. The number of carbonyl (C=O) groups is 1. The molecule has 1 aliphatic carbocycles. The zero-order valence-corrected chi connectivity index (χ0v) is 19.7. The van der Waals surface area contributed by atoms with Crippen molar-refractivity contribution in [2.75, 3.05) is 6.54 Å². The summed E-state index contributed by atoms with van der Waals surface area (Å²) in [6, 6.07) is 8.23. The zero-order chi connectivity index (χ0) is 24.6. The monoisotopic (exact) mass is 475 g/mol. The van der Waals surface area contributed by atoms with E-state index in [0.29, 0.717) is 31.8 Å². The van der Waals surface area contributed by atoms with Crippen LogP contribution in [-0.4, -0.2) is 29.4 Å². The minimum atomic E-state index is -2.53. The molecular formula is C26H35F2N3O3. The molecule has 1 aromatic rings. The first-order valence-electron chi connectivity index (χ1n) is 12.0. The lowest BCUT2D eigenvalue weighted by molar-refractivity contribution is -0.137. The van der Waals surface area contributed by atoms with Crippen LogP contribution >= 0.6 is 0 Å². The molecule has 0 bridgehead atoms. The Morgan fingerprint density at radius 1 is 1.32 bits per heavy atom. The summed E-state index contributed by atoms with van der Waals surface area (Å²) in [5.41, 5.74) is 2.86. The highest BCUT2D eigenvalue weighted by molar-refractivity contribution is 5.96. The van der Waals surface area contributed by atoms with Crippen LogP contribution in [0.15, 0.2) is 53.1 Å². The van der Waals surface area contributed by atoms with Crippen LogP contribution in [-0.2, 0) is 16.2 Å². The van der Waals surface area contributed by atoms with Crippen molar-refractivity contribution < 1.29 is 23.5 Å². The number of hydrogen-bond donors (Lipinski definition) is 3. The van der Waals surface area contributed by atoms with Gasteiger partial charge in [-0.25, -0.2) is 13.8 Å². The van der Waals surface area contributed by atoms with E-state index in [2.05, 4.69) is 10.3 Å². The van der Waals surface area contributed by atoms with Crippen molar-refractivity contribution in [1.29, 1.82) is 0 Å². The normalized spacial score (nSPS) is 25.2. The first-order chi connectivity index (χ1) is 16.3. The van der Waals surface area contributed by atoms with Gasteiger partial charge < -0.3 is 15.3 Å². The third-order valence-electron chi connectivity index (χ3n) is 6.53. The third kappa shape index (κ3) is 7.74. The third-order valence-corrected chi connectivity index (χ3v) is 6.53. The van der Waals surface area contributed by atoms with Crippen LogP contribution in [0.3, 0.4) is 0 Å². The molecule has 1 saturated heterocycles. The molecule has 1 saturated carbocycles. The van der Waals surface area contributed by atoms with E-state index in [-0.39, 0.29) is 37.1 Å². The van der Waals surface area contributed by atoms with E-state index in [9.17, 15) is 13.6 Å². The molecule has 1 aromatic carbocycles. The Hall–Kier alpha value is -2.58. The highest BCUT2D eigenvalue weighted by Gasteiger charge is 2.38. The number of carboxylic acid groups (broad SMARTS) is 1. The highest BCUT2D eigenvalue weighted by atomic mass is 19.3. The maximum Gasteiger partial charge on any atom is 0.303 e. The predicted octanol–water partition coefficient (Wildman–Crippen LogP) is 5.32. The first kappa shape index (κ1) is 26.0. The summed E-state index contributed by atoms with van der Waals surface area (Å²) in [5, 5.41) is 12.4. The molecule has 3 rings (SSSR count). The van der Waals surface area contributed by atoms with Crippen molar-refractivity contribution in [2.45, 2.75) is 70.4 Å². The summed E-state index contributed by atoms with van der Waals surface area (Å²) in [6.07, 6.45) is 8.54. The van der Waals surface area contributed by atoms with Crippen LogP contribution in [0.25, 0.3) is 0 Å². The van der Waals surface area contributed by atoms with Gasteiger partial charge in [-0.15, -0.1) is 0 Å². The Balaban J connectivity index is 1.57.